The predicted octanol–water partition coefficient (Wildman–Crippen LogP) is 1.80. The van der Waals surface area contributed by atoms with Gasteiger partial charge in [-0.3, -0.25) is 0 Å². The van der Waals surface area contributed by atoms with E-state index >= 15 is 0 Å². The lowest BCUT2D eigenvalue weighted by Gasteiger charge is -2.35. The van der Waals surface area contributed by atoms with E-state index in [0.29, 0.717) is 0 Å². The van der Waals surface area contributed by atoms with Gasteiger partial charge >= 0.3 is 0 Å². The molecule has 2 aliphatic rings. The lowest BCUT2D eigenvalue weighted by atomic mass is 9.98. The first-order valence-corrected chi connectivity index (χ1v) is 7.06. The molecule has 0 aromatic carbocycles. The maximum Gasteiger partial charge on any atom is 0.0591 e. The van der Waals surface area contributed by atoms with Gasteiger partial charge < -0.3 is 15.0 Å². The number of fused-ring (bicyclic) bond motifs is 1. The van der Waals surface area contributed by atoms with Crippen LogP contribution < -0.4 is 5.32 Å². The first-order chi connectivity index (χ1) is 8.40. The minimum Gasteiger partial charge on any atom is -0.380 e. The summed E-state index contributed by atoms with van der Waals surface area (Å²) in [5.74, 6) is 0. The number of nitrogens with zero attached hydrogens (tertiary/aromatic N) is 1. The number of piperidine rings is 1. The molecule has 2 fully saturated rings. The highest BCUT2D eigenvalue weighted by molar-refractivity contribution is 4.89. The molecule has 0 radical (unpaired) electrons. The Labute approximate surface area is 105 Å². The lowest BCUT2D eigenvalue weighted by molar-refractivity contribution is 0.126. The molecule has 0 aromatic rings. The number of hydrogen-bond donors (Lipinski definition) is 1. The SMILES string of the molecule is C=CCCOCCNC1CCN2CCCC2C1. The van der Waals surface area contributed by atoms with Gasteiger partial charge in [0.05, 0.1) is 13.2 Å². The Hall–Kier alpha value is -0.380. The molecule has 2 heterocycles. The average Bonchev–Trinajstić information content (AvgIpc) is 2.81. The molecule has 2 aliphatic heterocycles. The summed E-state index contributed by atoms with van der Waals surface area (Å²) in [7, 11) is 0. The molecule has 3 heteroatoms. The van der Waals surface area contributed by atoms with Crippen LogP contribution in [0.3, 0.4) is 0 Å². The van der Waals surface area contributed by atoms with Crippen LogP contribution in [0.2, 0.25) is 0 Å². The predicted molar refractivity (Wildman–Crippen MR) is 71.3 cm³/mol. The summed E-state index contributed by atoms with van der Waals surface area (Å²) in [6.07, 6.45) is 8.33. The third-order valence-electron chi connectivity index (χ3n) is 3.97. The molecule has 1 N–H and O–H groups in total. The molecule has 0 bridgehead atoms. The lowest BCUT2D eigenvalue weighted by Crippen LogP contribution is -2.46. The highest BCUT2D eigenvalue weighted by atomic mass is 16.5. The third kappa shape index (κ3) is 4.09. The van der Waals surface area contributed by atoms with Gasteiger partial charge in [0.1, 0.15) is 0 Å². The van der Waals surface area contributed by atoms with Crippen LogP contribution in [0.1, 0.15) is 32.1 Å². The van der Waals surface area contributed by atoms with E-state index in [9.17, 15) is 0 Å². The summed E-state index contributed by atoms with van der Waals surface area (Å²) in [6, 6.07) is 1.58. The Balaban J connectivity index is 1.53. The van der Waals surface area contributed by atoms with Gasteiger partial charge in [0.2, 0.25) is 0 Å². The Morgan fingerprint density at radius 2 is 2.24 bits per heavy atom. The van der Waals surface area contributed by atoms with E-state index in [2.05, 4.69) is 16.8 Å². The summed E-state index contributed by atoms with van der Waals surface area (Å²) in [5, 5.41) is 3.63. The van der Waals surface area contributed by atoms with Crippen molar-refractivity contribution in [1.82, 2.24) is 10.2 Å². The van der Waals surface area contributed by atoms with E-state index in [-0.39, 0.29) is 0 Å². The molecular formula is C14H26N2O. The topological polar surface area (TPSA) is 24.5 Å². The molecule has 2 atom stereocenters. The minimum absolute atomic E-state index is 0.720. The van der Waals surface area contributed by atoms with Crippen molar-refractivity contribution in [2.24, 2.45) is 0 Å². The standard InChI is InChI=1S/C14H26N2O/c1-2-3-10-17-11-7-15-13-6-9-16-8-4-5-14(16)12-13/h2,13-15H,1,3-12H2. The van der Waals surface area contributed by atoms with Crippen LogP contribution >= 0.6 is 0 Å². The number of ether oxygens (including phenoxy) is 1. The van der Waals surface area contributed by atoms with Crippen molar-refractivity contribution >= 4 is 0 Å². The molecule has 0 amide bonds. The van der Waals surface area contributed by atoms with Gasteiger partial charge in [0, 0.05) is 18.6 Å². The summed E-state index contributed by atoms with van der Waals surface area (Å²) in [6.45, 7) is 8.95. The van der Waals surface area contributed by atoms with E-state index in [1.54, 1.807) is 0 Å². The number of nitrogens with one attached hydrogen (secondary N) is 1. The van der Waals surface area contributed by atoms with Gasteiger partial charge in [0.25, 0.3) is 0 Å². The van der Waals surface area contributed by atoms with E-state index < -0.39 is 0 Å². The summed E-state index contributed by atoms with van der Waals surface area (Å²) < 4.78 is 5.51. The monoisotopic (exact) mass is 238 g/mol. The zero-order chi connectivity index (χ0) is 11.9. The van der Waals surface area contributed by atoms with Crippen LogP contribution in [0.15, 0.2) is 12.7 Å². The maximum absolute atomic E-state index is 5.51. The summed E-state index contributed by atoms with van der Waals surface area (Å²) in [4.78, 5) is 2.67. The Morgan fingerprint density at radius 1 is 1.29 bits per heavy atom. The highest BCUT2D eigenvalue weighted by Crippen LogP contribution is 2.26. The van der Waals surface area contributed by atoms with Crippen LogP contribution in [0.25, 0.3) is 0 Å². The van der Waals surface area contributed by atoms with Crippen molar-refractivity contribution in [2.75, 3.05) is 32.8 Å². The van der Waals surface area contributed by atoms with Crippen LogP contribution in [0.5, 0.6) is 0 Å². The maximum atomic E-state index is 5.51. The molecule has 0 aliphatic carbocycles. The molecule has 2 saturated heterocycles. The minimum atomic E-state index is 0.720. The smallest absolute Gasteiger partial charge is 0.0591 e. The molecule has 98 valence electrons. The zero-order valence-corrected chi connectivity index (χ0v) is 10.9. The number of hydrogen-bond acceptors (Lipinski definition) is 3. The fraction of sp³-hybridized carbons (Fsp3) is 0.857. The Kier molecular flexibility index (Phi) is 5.49. The molecule has 3 nitrogen and oxygen atoms in total. The van der Waals surface area contributed by atoms with Gasteiger partial charge in [-0.2, -0.15) is 0 Å². The van der Waals surface area contributed by atoms with Crippen molar-refractivity contribution in [1.29, 1.82) is 0 Å². The molecule has 0 saturated carbocycles. The number of rotatable bonds is 7. The third-order valence-corrected chi connectivity index (χ3v) is 3.97. The molecule has 2 unspecified atom stereocenters. The van der Waals surface area contributed by atoms with Crippen molar-refractivity contribution in [3.05, 3.63) is 12.7 Å². The second-order valence-corrected chi connectivity index (χ2v) is 5.20. The molecule has 0 aromatic heterocycles. The Morgan fingerprint density at radius 3 is 3.12 bits per heavy atom. The fourth-order valence-corrected chi connectivity index (χ4v) is 3.01. The van der Waals surface area contributed by atoms with Gasteiger partial charge in [-0.05, 0) is 45.2 Å². The van der Waals surface area contributed by atoms with Crippen LogP contribution in [0, 0.1) is 0 Å². The molecular weight excluding hydrogens is 212 g/mol. The zero-order valence-electron chi connectivity index (χ0n) is 10.9. The van der Waals surface area contributed by atoms with Crippen molar-refractivity contribution < 1.29 is 4.74 Å². The van der Waals surface area contributed by atoms with Crippen molar-refractivity contribution in [2.45, 2.75) is 44.2 Å². The molecule has 17 heavy (non-hydrogen) atoms. The van der Waals surface area contributed by atoms with Crippen molar-refractivity contribution in [3.63, 3.8) is 0 Å². The van der Waals surface area contributed by atoms with Gasteiger partial charge in [-0.25, -0.2) is 0 Å². The second-order valence-electron chi connectivity index (χ2n) is 5.20. The van der Waals surface area contributed by atoms with Crippen molar-refractivity contribution in [3.8, 4) is 0 Å². The van der Waals surface area contributed by atoms with E-state index in [4.69, 9.17) is 4.74 Å². The first-order valence-electron chi connectivity index (χ1n) is 7.06. The average molecular weight is 238 g/mol. The quantitative estimate of drug-likeness (QED) is 0.540. The highest BCUT2D eigenvalue weighted by Gasteiger charge is 2.31. The Bertz CT molecular complexity index is 232. The van der Waals surface area contributed by atoms with Gasteiger partial charge in [-0.1, -0.05) is 6.08 Å². The van der Waals surface area contributed by atoms with E-state index in [1.165, 1.54) is 38.8 Å². The molecule has 2 rings (SSSR count). The van der Waals surface area contributed by atoms with E-state index in [0.717, 1.165) is 38.3 Å². The normalized spacial score (nSPS) is 29.2. The van der Waals surface area contributed by atoms with Crippen LogP contribution in [-0.4, -0.2) is 49.8 Å². The summed E-state index contributed by atoms with van der Waals surface area (Å²) >= 11 is 0. The first kappa shape index (κ1) is 13.1. The summed E-state index contributed by atoms with van der Waals surface area (Å²) in [5.41, 5.74) is 0. The fourth-order valence-electron chi connectivity index (χ4n) is 3.01. The van der Waals surface area contributed by atoms with E-state index in [1.807, 2.05) is 6.08 Å². The van der Waals surface area contributed by atoms with Crippen LogP contribution in [-0.2, 0) is 4.74 Å². The van der Waals surface area contributed by atoms with Gasteiger partial charge in [-0.15, -0.1) is 6.58 Å². The largest absolute Gasteiger partial charge is 0.380 e. The second kappa shape index (κ2) is 7.14. The van der Waals surface area contributed by atoms with Crippen LogP contribution in [0.4, 0.5) is 0 Å². The van der Waals surface area contributed by atoms with Gasteiger partial charge in [0.15, 0.2) is 0 Å². The molecule has 0 spiro atoms.